The SMILES string of the molecule is CC1CCCCN1c1nc(C(F)(F)F)c(C(=O)Nc2ccc(N3CCC4(CCN(C(=O)Nc5ccccc5F)CC4)C3)nc2)o1. The number of aromatic nitrogens is 2. The lowest BCUT2D eigenvalue weighted by Gasteiger charge is -2.39. The summed E-state index contributed by atoms with van der Waals surface area (Å²) in [5.41, 5.74) is -0.966. The summed E-state index contributed by atoms with van der Waals surface area (Å²) < 4.78 is 60.7. The molecular weight excluding hydrogens is 594 g/mol. The van der Waals surface area contributed by atoms with E-state index in [0.29, 0.717) is 25.5 Å². The smallest absolute Gasteiger partial charge is 0.417 e. The second kappa shape index (κ2) is 12.2. The minimum absolute atomic E-state index is 0.00713. The normalized spacial score (nSPS) is 20.0. The summed E-state index contributed by atoms with van der Waals surface area (Å²) in [5, 5.41) is 5.12. The minimum Gasteiger partial charge on any atom is -0.417 e. The first-order valence-electron chi connectivity index (χ1n) is 15.2. The number of amides is 3. The number of likely N-dealkylation sites (tertiary alicyclic amines) is 1. The maximum Gasteiger partial charge on any atom is 0.437 e. The van der Waals surface area contributed by atoms with Crippen molar-refractivity contribution in [2.24, 2.45) is 5.41 Å². The number of carbonyl (C=O) groups excluding carboxylic acids is 2. The van der Waals surface area contributed by atoms with Crippen molar-refractivity contribution in [1.29, 1.82) is 0 Å². The molecule has 0 saturated carbocycles. The molecule has 1 spiro atoms. The predicted molar refractivity (Wildman–Crippen MR) is 160 cm³/mol. The van der Waals surface area contributed by atoms with Crippen LogP contribution in [0.2, 0.25) is 0 Å². The molecular formula is C31H35F4N7O3. The van der Waals surface area contributed by atoms with E-state index in [1.54, 1.807) is 34.1 Å². The van der Waals surface area contributed by atoms with Crippen molar-refractivity contribution in [1.82, 2.24) is 14.9 Å². The van der Waals surface area contributed by atoms with Gasteiger partial charge < -0.3 is 29.8 Å². The highest BCUT2D eigenvalue weighted by Gasteiger charge is 2.43. The Kier molecular flexibility index (Phi) is 8.31. The van der Waals surface area contributed by atoms with Crippen molar-refractivity contribution in [2.45, 2.75) is 57.7 Å². The van der Waals surface area contributed by atoms with Crippen molar-refractivity contribution in [3.63, 3.8) is 0 Å². The van der Waals surface area contributed by atoms with Gasteiger partial charge in [-0.1, -0.05) is 12.1 Å². The molecule has 45 heavy (non-hydrogen) atoms. The van der Waals surface area contributed by atoms with Crippen molar-refractivity contribution in [3.05, 3.63) is 59.9 Å². The van der Waals surface area contributed by atoms with Gasteiger partial charge in [-0.3, -0.25) is 4.79 Å². The number of hydrogen-bond donors (Lipinski definition) is 2. The first-order valence-corrected chi connectivity index (χ1v) is 15.2. The van der Waals surface area contributed by atoms with Gasteiger partial charge in [0.2, 0.25) is 5.76 Å². The van der Waals surface area contributed by atoms with Gasteiger partial charge in [-0.05, 0) is 75.1 Å². The molecule has 1 atom stereocenters. The summed E-state index contributed by atoms with van der Waals surface area (Å²) in [6, 6.07) is 8.80. The molecule has 10 nitrogen and oxygen atoms in total. The van der Waals surface area contributed by atoms with E-state index in [0.717, 1.165) is 51.6 Å². The molecule has 1 aromatic carbocycles. The molecule has 14 heteroatoms. The third-order valence-electron chi connectivity index (χ3n) is 9.13. The van der Waals surface area contributed by atoms with Gasteiger partial charge in [-0.15, -0.1) is 0 Å². The summed E-state index contributed by atoms with van der Waals surface area (Å²) in [6.45, 7) is 4.98. The molecule has 3 fully saturated rings. The standard InChI is InChI=1S/C31H35F4N7O3/c1-20-6-4-5-14-42(20)29-39-26(31(33,34)35)25(45-29)27(43)37-21-9-10-24(36-18-21)41-17-13-30(19-41)11-15-40(16-12-30)28(44)38-23-8-3-2-7-22(23)32/h2-3,7-10,18,20H,4-6,11-17,19H2,1H3,(H,37,43)(H,38,44). The molecule has 0 bridgehead atoms. The minimum atomic E-state index is -4.86. The van der Waals surface area contributed by atoms with Crippen LogP contribution in [0.1, 0.15) is 61.7 Å². The van der Waals surface area contributed by atoms with Crippen LogP contribution in [0.25, 0.3) is 0 Å². The zero-order chi connectivity index (χ0) is 31.8. The van der Waals surface area contributed by atoms with Gasteiger partial charge in [0, 0.05) is 38.8 Å². The number of rotatable bonds is 5. The van der Waals surface area contributed by atoms with E-state index in [1.807, 2.05) is 6.92 Å². The zero-order valence-corrected chi connectivity index (χ0v) is 24.9. The lowest BCUT2D eigenvalue weighted by Crippen LogP contribution is -2.46. The van der Waals surface area contributed by atoms with Gasteiger partial charge in [0.05, 0.1) is 17.6 Å². The van der Waals surface area contributed by atoms with Gasteiger partial charge in [0.15, 0.2) is 5.69 Å². The topological polar surface area (TPSA) is 107 Å². The van der Waals surface area contributed by atoms with Crippen LogP contribution in [0.3, 0.4) is 0 Å². The van der Waals surface area contributed by atoms with E-state index in [2.05, 4.69) is 25.5 Å². The Labute approximate surface area is 257 Å². The Bertz CT molecular complexity index is 1540. The molecule has 0 radical (unpaired) electrons. The Hall–Kier alpha value is -4.36. The number of oxazole rings is 1. The van der Waals surface area contributed by atoms with Crippen LogP contribution >= 0.6 is 0 Å². The third kappa shape index (κ3) is 6.54. The van der Waals surface area contributed by atoms with Crippen molar-refractivity contribution in [2.75, 3.05) is 53.2 Å². The van der Waals surface area contributed by atoms with E-state index < -0.39 is 29.4 Å². The van der Waals surface area contributed by atoms with Gasteiger partial charge in [-0.2, -0.15) is 18.2 Å². The number of pyridine rings is 1. The highest BCUT2D eigenvalue weighted by atomic mass is 19.4. The van der Waals surface area contributed by atoms with Crippen molar-refractivity contribution >= 4 is 35.1 Å². The van der Waals surface area contributed by atoms with Crippen molar-refractivity contribution in [3.8, 4) is 0 Å². The van der Waals surface area contributed by atoms with Crippen LogP contribution in [-0.2, 0) is 6.18 Å². The second-order valence-electron chi connectivity index (χ2n) is 12.1. The van der Waals surface area contributed by atoms with Gasteiger partial charge in [0.25, 0.3) is 11.9 Å². The number of para-hydroxylation sites is 1. The highest BCUT2D eigenvalue weighted by molar-refractivity contribution is 6.03. The average molecular weight is 630 g/mol. The molecule has 2 aromatic heterocycles. The zero-order valence-electron chi connectivity index (χ0n) is 24.9. The number of urea groups is 1. The maximum absolute atomic E-state index is 13.9. The fraction of sp³-hybridized carbons (Fsp3) is 0.484. The van der Waals surface area contributed by atoms with E-state index in [1.165, 1.54) is 18.3 Å². The number of benzene rings is 1. The third-order valence-corrected chi connectivity index (χ3v) is 9.13. The number of piperidine rings is 2. The molecule has 6 rings (SSSR count). The lowest BCUT2D eigenvalue weighted by molar-refractivity contribution is -0.141. The number of anilines is 4. The number of nitrogens with zero attached hydrogens (tertiary/aromatic N) is 5. The second-order valence-corrected chi connectivity index (χ2v) is 12.1. The highest BCUT2D eigenvalue weighted by Crippen LogP contribution is 2.42. The van der Waals surface area contributed by atoms with Crippen LogP contribution in [0.15, 0.2) is 47.0 Å². The molecule has 5 heterocycles. The van der Waals surface area contributed by atoms with E-state index in [4.69, 9.17) is 4.42 Å². The van der Waals surface area contributed by atoms with Gasteiger partial charge in [-0.25, -0.2) is 14.2 Å². The number of nitrogens with one attached hydrogen (secondary N) is 2. The number of halogens is 4. The largest absolute Gasteiger partial charge is 0.437 e. The number of alkyl halides is 3. The Balaban J connectivity index is 1.06. The predicted octanol–water partition coefficient (Wildman–Crippen LogP) is 6.38. The molecule has 0 aliphatic carbocycles. The summed E-state index contributed by atoms with van der Waals surface area (Å²) in [5.74, 6) is -1.73. The number of carbonyl (C=O) groups is 2. The van der Waals surface area contributed by atoms with Gasteiger partial charge >= 0.3 is 12.2 Å². The Morgan fingerprint density at radius 1 is 1.00 bits per heavy atom. The quantitative estimate of drug-likeness (QED) is 0.316. The fourth-order valence-corrected chi connectivity index (χ4v) is 6.47. The maximum atomic E-state index is 13.9. The molecule has 3 saturated heterocycles. The fourth-order valence-electron chi connectivity index (χ4n) is 6.47. The summed E-state index contributed by atoms with van der Waals surface area (Å²) >= 11 is 0. The molecule has 3 aliphatic rings. The van der Waals surface area contributed by atoms with E-state index >= 15 is 0 Å². The monoisotopic (exact) mass is 629 g/mol. The summed E-state index contributed by atoms with van der Waals surface area (Å²) in [4.78, 5) is 39.3. The van der Waals surface area contributed by atoms with Crippen LogP contribution in [0.4, 0.5) is 45.6 Å². The summed E-state index contributed by atoms with van der Waals surface area (Å²) in [6.07, 6.45) is 1.62. The Morgan fingerprint density at radius 3 is 2.44 bits per heavy atom. The van der Waals surface area contributed by atoms with Crippen LogP contribution in [0.5, 0.6) is 0 Å². The first kappa shape index (κ1) is 30.7. The van der Waals surface area contributed by atoms with Gasteiger partial charge in [0.1, 0.15) is 11.6 Å². The molecule has 3 amide bonds. The average Bonchev–Trinajstić information content (AvgIpc) is 3.65. The van der Waals surface area contributed by atoms with Crippen LogP contribution < -0.4 is 20.4 Å². The lowest BCUT2D eigenvalue weighted by atomic mass is 9.78. The van der Waals surface area contributed by atoms with E-state index in [9.17, 15) is 27.2 Å². The molecule has 1 unspecified atom stereocenters. The molecule has 2 N–H and O–H groups in total. The van der Waals surface area contributed by atoms with Crippen LogP contribution in [-0.4, -0.2) is 65.6 Å². The summed E-state index contributed by atoms with van der Waals surface area (Å²) in [7, 11) is 0. The van der Waals surface area contributed by atoms with E-state index in [-0.39, 0.29) is 34.9 Å². The molecule has 3 aromatic rings. The van der Waals surface area contributed by atoms with Crippen molar-refractivity contribution < 1.29 is 31.6 Å². The Morgan fingerprint density at radius 2 is 1.76 bits per heavy atom. The molecule has 3 aliphatic heterocycles. The first-order chi connectivity index (χ1) is 21.5. The number of hydrogen-bond acceptors (Lipinski definition) is 7. The molecule has 240 valence electrons. The van der Waals surface area contributed by atoms with Crippen LogP contribution in [0, 0.1) is 11.2 Å².